The minimum Gasteiger partial charge on any atom is -0.493 e. The van der Waals surface area contributed by atoms with Gasteiger partial charge in [-0.15, -0.1) is 11.6 Å². The van der Waals surface area contributed by atoms with Crippen molar-refractivity contribution in [1.29, 1.82) is 0 Å². The van der Waals surface area contributed by atoms with E-state index in [2.05, 4.69) is 44.2 Å². The van der Waals surface area contributed by atoms with E-state index in [9.17, 15) is 0 Å². The molecule has 24 heavy (non-hydrogen) atoms. The lowest BCUT2D eigenvalue weighted by Gasteiger charge is -2.17. The second-order valence-corrected chi connectivity index (χ2v) is 6.66. The maximum atomic E-state index is 6.17. The van der Waals surface area contributed by atoms with Gasteiger partial charge in [-0.25, -0.2) is 0 Å². The zero-order valence-electron chi connectivity index (χ0n) is 15.1. The van der Waals surface area contributed by atoms with Gasteiger partial charge in [-0.05, 0) is 50.7 Å². The summed E-state index contributed by atoms with van der Waals surface area (Å²) >= 11 is 6.17. The minimum atomic E-state index is 0.294. The summed E-state index contributed by atoms with van der Waals surface area (Å²) in [6.07, 6.45) is 5.17. The molecule has 1 atom stereocenters. The summed E-state index contributed by atoms with van der Waals surface area (Å²) in [5.41, 5.74) is 1.21. The first-order valence-electron chi connectivity index (χ1n) is 9.15. The van der Waals surface area contributed by atoms with Gasteiger partial charge in [0.15, 0.2) is 0 Å². The molecular formula is C21H29ClO2. The second-order valence-electron chi connectivity index (χ2n) is 6.04. The summed E-state index contributed by atoms with van der Waals surface area (Å²) in [6, 6.07) is 10.5. The first-order valence-corrected chi connectivity index (χ1v) is 9.59. The van der Waals surface area contributed by atoms with Crippen molar-refractivity contribution in [1.82, 2.24) is 0 Å². The lowest BCUT2D eigenvalue weighted by Crippen LogP contribution is -2.03. The zero-order valence-corrected chi connectivity index (χ0v) is 15.9. The van der Waals surface area contributed by atoms with Crippen molar-refractivity contribution >= 4 is 22.4 Å². The van der Waals surface area contributed by atoms with E-state index in [4.69, 9.17) is 21.1 Å². The molecule has 1 unspecified atom stereocenters. The van der Waals surface area contributed by atoms with Crippen molar-refractivity contribution in [3.05, 3.63) is 35.9 Å². The fraction of sp³-hybridized carbons (Fsp3) is 0.524. The van der Waals surface area contributed by atoms with Crippen LogP contribution in [-0.4, -0.2) is 18.6 Å². The zero-order chi connectivity index (χ0) is 17.4. The second kappa shape index (κ2) is 9.78. The largest absolute Gasteiger partial charge is 0.493 e. The number of alkyl halides is 1. The maximum Gasteiger partial charge on any atom is 0.130 e. The summed E-state index contributed by atoms with van der Waals surface area (Å²) in [6.45, 7) is 7.72. The van der Waals surface area contributed by atoms with Crippen LogP contribution in [0.2, 0.25) is 0 Å². The first kappa shape index (κ1) is 18.9. The highest BCUT2D eigenvalue weighted by Crippen LogP contribution is 2.37. The molecule has 0 spiro atoms. The molecule has 0 heterocycles. The lowest BCUT2D eigenvalue weighted by molar-refractivity contribution is 0.306. The third kappa shape index (κ3) is 4.80. The highest BCUT2D eigenvalue weighted by Gasteiger charge is 2.13. The summed E-state index contributed by atoms with van der Waals surface area (Å²) in [4.78, 5) is 0. The molecule has 0 aromatic heterocycles. The predicted molar refractivity (Wildman–Crippen MR) is 104 cm³/mol. The van der Waals surface area contributed by atoms with Crippen LogP contribution in [-0.2, 0) is 6.42 Å². The van der Waals surface area contributed by atoms with Gasteiger partial charge in [-0.2, -0.15) is 0 Å². The SMILES string of the molecule is CCOc1c(CC)cc(OCCCCC(Cl)CC)c2ccccc12. The van der Waals surface area contributed by atoms with Crippen molar-refractivity contribution in [3.63, 3.8) is 0 Å². The first-order chi connectivity index (χ1) is 11.7. The normalized spacial score (nSPS) is 12.3. The Balaban J connectivity index is 2.13. The van der Waals surface area contributed by atoms with Crippen molar-refractivity contribution in [3.8, 4) is 11.5 Å². The number of hydrogen-bond donors (Lipinski definition) is 0. The average Bonchev–Trinajstić information content (AvgIpc) is 2.62. The molecule has 0 saturated carbocycles. The molecule has 0 bridgehead atoms. The molecule has 3 heteroatoms. The quantitative estimate of drug-likeness (QED) is 0.367. The Morgan fingerprint density at radius 2 is 1.75 bits per heavy atom. The number of rotatable bonds is 10. The van der Waals surface area contributed by atoms with Gasteiger partial charge in [0.2, 0.25) is 0 Å². The third-order valence-electron chi connectivity index (χ3n) is 4.32. The Hall–Kier alpha value is -1.41. The van der Waals surface area contributed by atoms with Crippen LogP contribution in [0, 0.1) is 0 Å². The molecule has 0 radical (unpaired) electrons. The van der Waals surface area contributed by atoms with Crippen LogP contribution in [0.1, 0.15) is 52.0 Å². The molecule has 0 amide bonds. The number of aryl methyl sites for hydroxylation is 1. The van der Waals surface area contributed by atoms with Gasteiger partial charge in [0.1, 0.15) is 11.5 Å². The average molecular weight is 349 g/mol. The fourth-order valence-electron chi connectivity index (χ4n) is 2.92. The monoisotopic (exact) mass is 348 g/mol. The van der Waals surface area contributed by atoms with E-state index in [0.29, 0.717) is 12.0 Å². The van der Waals surface area contributed by atoms with Crippen LogP contribution < -0.4 is 9.47 Å². The van der Waals surface area contributed by atoms with Crippen molar-refractivity contribution < 1.29 is 9.47 Å². The highest BCUT2D eigenvalue weighted by atomic mass is 35.5. The van der Waals surface area contributed by atoms with Crippen molar-refractivity contribution in [2.24, 2.45) is 0 Å². The third-order valence-corrected chi connectivity index (χ3v) is 4.84. The molecule has 132 valence electrons. The molecular weight excluding hydrogens is 320 g/mol. The van der Waals surface area contributed by atoms with Crippen LogP contribution in [0.4, 0.5) is 0 Å². The standard InChI is InChI=1S/C21H29ClO2/c1-4-16-15-20(24-14-10-9-11-17(22)5-2)18-12-7-8-13-19(18)21(16)23-6-3/h7-8,12-13,15,17H,4-6,9-11,14H2,1-3H3. The van der Waals surface area contributed by atoms with Crippen LogP contribution in [0.15, 0.2) is 30.3 Å². The maximum absolute atomic E-state index is 6.17. The van der Waals surface area contributed by atoms with Gasteiger partial charge >= 0.3 is 0 Å². The van der Waals surface area contributed by atoms with E-state index in [-0.39, 0.29) is 0 Å². The Labute approximate surface area is 151 Å². The molecule has 0 saturated heterocycles. The molecule has 2 nitrogen and oxygen atoms in total. The van der Waals surface area contributed by atoms with Crippen molar-refractivity contribution in [2.45, 2.75) is 58.3 Å². The van der Waals surface area contributed by atoms with E-state index in [1.807, 2.05) is 6.92 Å². The summed E-state index contributed by atoms with van der Waals surface area (Å²) in [5, 5.41) is 2.56. The molecule has 0 aliphatic rings. The predicted octanol–water partition coefficient (Wildman–Crippen LogP) is 6.37. The molecule has 2 aromatic carbocycles. The van der Waals surface area contributed by atoms with Crippen molar-refractivity contribution in [2.75, 3.05) is 13.2 Å². The fourth-order valence-corrected chi connectivity index (χ4v) is 3.08. The number of ether oxygens (including phenoxy) is 2. The van der Waals surface area contributed by atoms with Gasteiger partial charge < -0.3 is 9.47 Å². The minimum absolute atomic E-state index is 0.294. The van der Waals surface area contributed by atoms with E-state index in [1.165, 1.54) is 5.56 Å². The Bertz CT molecular complexity index is 639. The molecule has 2 aromatic rings. The smallest absolute Gasteiger partial charge is 0.130 e. The Morgan fingerprint density at radius 1 is 1.00 bits per heavy atom. The van der Waals surface area contributed by atoms with Crippen LogP contribution in [0.5, 0.6) is 11.5 Å². The summed E-state index contributed by atoms with van der Waals surface area (Å²) in [7, 11) is 0. The van der Waals surface area contributed by atoms with Gasteiger partial charge in [0, 0.05) is 16.1 Å². The Morgan fingerprint density at radius 3 is 2.42 bits per heavy atom. The van der Waals surface area contributed by atoms with E-state index < -0.39 is 0 Å². The topological polar surface area (TPSA) is 18.5 Å². The molecule has 2 rings (SSSR count). The number of fused-ring (bicyclic) bond motifs is 1. The Kier molecular flexibility index (Phi) is 7.71. The molecule has 0 N–H and O–H groups in total. The number of hydrogen-bond acceptors (Lipinski definition) is 2. The van der Waals surface area contributed by atoms with Crippen LogP contribution >= 0.6 is 11.6 Å². The van der Waals surface area contributed by atoms with E-state index in [0.717, 1.165) is 61.0 Å². The van der Waals surface area contributed by atoms with Gasteiger partial charge in [0.25, 0.3) is 0 Å². The number of benzene rings is 2. The van der Waals surface area contributed by atoms with Crippen LogP contribution in [0.3, 0.4) is 0 Å². The number of unbranched alkanes of at least 4 members (excludes halogenated alkanes) is 1. The molecule has 0 fully saturated rings. The molecule has 0 aliphatic heterocycles. The summed E-state index contributed by atoms with van der Waals surface area (Å²) in [5.74, 6) is 1.96. The van der Waals surface area contributed by atoms with E-state index in [1.54, 1.807) is 0 Å². The molecule has 0 aliphatic carbocycles. The van der Waals surface area contributed by atoms with Gasteiger partial charge in [-0.1, -0.05) is 38.1 Å². The van der Waals surface area contributed by atoms with Gasteiger partial charge in [0.05, 0.1) is 13.2 Å². The van der Waals surface area contributed by atoms with Gasteiger partial charge in [-0.3, -0.25) is 0 Å². The summed E-state index contributed by atoms with van der Waals surface area (Å²) < 4.78 is 12.0. The highest BCUT2D eigenvalue weighted by molar-refractivity contribution is 6.20. The lowest BCUT2D eigenvalue weighted by atomic mass is 10.0. The van der Waals surface area contributed by atoms with E-state index >= 15 is 0 Å². The van der Waals surface area contributed by atoms with Crippen LogP contribution in [0.25, 0.3) is 10.8 Å². The number of halogens is 1.